The molecule has 2 aromatic rings. The van der Waals surface area contributed by atoms with E-state index in [0.29, 0.717) is 12.2 Å². The largest absolute Gasteiger partial charge is 0.376 e. The number of benzene rings is 1. The number of rotatable bonds is 6. The first kappa shape index (κ1) is 21.8. The summed E-state index contributed by atoms with van der Waals surface area (Å²) in [6, 6.07) is 14.5. The third kappa shape index (κ3) is 6.28. The molecule has 0 spiro atoms. The third-order valence-electron chi connectivity index (χ3n) is 6.08. The Morgan fingerprint density at radius 3 is 2.81 bits per heavy atom. The maximum absolute atomic E-state index is 6.15. The minimum Gasteiger partial charge on any atom is -0.376 e. The molecule has 2 aliphatic rings. The van der Waals surface area contributed by atoms with Crippen LogP contribution in [0.2, 0.25) is 0 Å². The van der Waals surface area contributed by atoms with Gasteiger partial charge < -0.3 is 19.7 Å². The highest BCUT2D eigenvalue weighted by Gasteiger charge is 2.23. The summed E-state index contributed by atoms with van der Waals surface area (Å²) in [5.41, 5.74) is 3.35. The van der Waals surface area contributed by atoms with Gasteiger partial charge in [-0.05, 0) is 55.9 Å². The van der Waals surface area contributed by atoms with Gasteiger partial charge in [-0.2, -0.15) is 0 Å². The number of hydrogen-bond acceptors (Lipinski definition) is 4. The molecule has 0 bridgehead atoms. The summed E-state index contributed by atoms with van der Waals surface area (Å²) in [6.45, 7) is 4.29. The van der Waals surface area contributed by atoms with Gasteiger partial charge in [0.15, 0.2) is 5.96 Å². The molecule has 4 rings (SSSR count). The van der Waals surface area contributed by atoms with Crippen LogP contribution >= 0.6 is 0 Å². The molecule has 2 fully saturated rings. The topological polar surface area (TPSA) is 59.0 Å². The fourth-order valence-corrected chi connectivity index (χ4v) is 4.30. The van der Waals surface area contributed by atoms with Gasteiger partial charge in [0.1, 0.15) is 0 Å². The van der Waals surface area contributed by atoms with Gasteiger partial charge in [-0.15, -0.1) is 0 Å². The van der Waals surface area contributed by atoms with Crippen LogP contribution in [-0.4, -0.2) is 61.4 Å². The van der Waals surface area contributed by atoms with E-state index in [1.807, 2.05) is 31.4 Å². The second kappa shape index (κ2) is 11.3. The SMILES string of the molecule is CN=C(NCc1cccc(-c2ccccn2)c1)N1CCC(OCC2CCCCO2)CC1. The molecule has 1 unspecified atom stereocenters. The first-order chi connectivity index (χ1) is 15.3. The molecule has 0 saturated carbocycles. The van der Waals surface area contributed by atoms with Crippen LogP contribution in [0.4, 0.5) is 0 Å². The van der Waals surface area contributed by atoms with Crippen molar-refractivity contribution in [3.63, 3.8) is 0 Å². The summed E-state index contributed by atoms with van der Waals surface area (Å²) in [5, 5.41) is 3.53. The van der Waals surface area contributed by atoms with E-state index in [9.17, 15) is 0 Å². The third-order valence-corrected chi connectivity index (χ3v) is 6.08. The molecule has 0 radical (unpaired) electrons. The number of aliphatic imine (C=N–C) groups is 1. The van der Waals surface area contributed by atoms with Crippen LogP contribution < -0.4 is 5.32 Å². The van der Waals surface area contributed by atoms with Gasteiger partial charge in [-0.25, -0.2) is 0 Å². The molecule has 6 heteroatoms. The molecule has 6 nitrogen and oxygen atoms in total. The molecular formula is C25H34N4O2. The molecule has 2 saturated heterocycles. The summed E-state index contributed by atoms with van der Waals surface area (Å²) >= 11 is 0. The normalized spacial score (nSPS) is 20.6. The number of likely N-dealkylation sites (tertiary alicyclic amines) is 1. The second-order valence-electron chi connectivity index (χ2n) is 8.32. The lowest BCUT2D eigenvalue weighted by Crippen LogP contribution is -2.47. The van der Waals surface area contributed by atoms with E-state index in [2.05, 4.69) is 44.5 Å². The summed E-state index contributed by atoms with van der Waals surface area (Å²) < 4.78 is 11.9. The van der Waals surface area contributed by atoms with Crippen molar-refractivity contribution in [2.75, 3.05) is 33.4 Å². The number of nitrogens with one attached hydrogen (secondary N) is 1. The summed E-state index contributed by atoms with van der Waals surface area (Å²) in [7, 11) is 1.86. The van der Waals surface area contributed by atoms with Crippen LogP contribution in [0, 0.1) is 0 Å². The lowest BCUT2D eigenvalue weighted by atomic mass is 10.1. The number of piperidine rings is 1. The van der Waals surface area contributed by atoms with Crippen LogP contribution in [0.5, 0.6) is 0 Å². The fraction of sp³-hybridized carbons (Fsp3) is 0.520. The molecule has 2 aliphatic heterocycles. The molecule has 1 aromatic carbocycles. The van der Waals surface area contributed by atoms with E-state index in [4.69, 9.17) is 9.47 Å². The van der Waals surface area contributed by atoms with Crippen molar-refractivity contribution in [2.24, 2.45) is 4.99 Å². The van der Waals surface area contributed by atoms with Gasteiger partial charge in [-0.1, -0.05) is 24.3 Å². The highest BCUT2D eigenvalue weighted by atomic mass is 16.5. The highest BCUT2D eigenvalue weighted by molar-refractivity contribution is 5.80. The van der Waals surface area contributed by atoms with Crippen molar-refractivity contribution in [3.05, 3.63) is 54.2 Å². The summed E-state index contributed by atoms with van der Waals surface area (Å²) in [4.78, 5) is 11.3. The van der Waals surface area contributed by atoms with Crippen molar-refractivity contribution in [1.82, 2.24) is 15.2 Å². The Kier molecular flexibility index (Phi) is 7.91. The molecule has 31 heavy (non-hydrogen) atoms. The molecule has 1 aromatic heterocycles. The Morgan fingerprint density at radius 1 is 1.16 bits per heavy atom. The van der Waals surface area contributed by atoms with E-state index in [1.165, 1.54) is 18.4 Å². The maximum Gasteiger partial charge on any atom is 0.193 e. The zero-order valence-electron chi connectivity index (χ0n) is 18.5. The Balaban J connectivity index is 1.24. The van der Waals surface area contributed by atoms with E-state index < -0.39 is 0 Å². The second-order valence-corrected chi connectivity index (χ2v) is 8.32. The standard InChI is InChI=1S/C25H34N4O2/c1-26-25(28-18-20-7-6-8-21(17-20)24-10-2-4-13-27-24)29-14-11-22(12-15-29)31-19-23-9-3-5-16-30-23/h2,4,6-8,10,13,17,22-23H,3,5,9,11-12,14-16,18-19H2,1H3,(H,26,28). The van der Waals surface area contributed by atoms with Crippen molar-refractivity contribution in [1.29, 1.82) is 0 Å². The molecule has 0 aliphatic carbocycles. The molecule has 1 atom stereocenters. The summed E-state index contributed by atoms with van der Waals surface area (Å²) in [6.07, 6.45) is 8.10. The predicted molar refractivity (Wildman–Crippen MR) is 124 cm³/mol. The van der Waals surface area contributed by atoms with E-state index >= 15 is 0 Å². The number of aromatic nitrogens is 1. The average Bonchev–Trinajstić information content (AvgIpc) is 2.85. The number of nitrogens with zero attached hydrogens (tertiary/aromatic N) is 3. The zero-order valence-corrected chi connectivity index (χ0v) is 18.5. The van der Waals surface area contributed by atoms with Gasteiger partial charge in [0.2, 0.25) is 0 Å². The summed E-state index contributed by atoms with van der Waals surface area (Å²) in [5.74, 6) is 0.956. The Hall–Kier alpha value is -2.44. The minimum absolute atomic E-state index is 0.295. The monoisotopic (exact) mass is 422 g/mol. The minimum atomic E-state index is 0.295. The quantitative estimate of drug-likeness (QED) is 0.566. The van der Waals surface area contributed by atoms with Crippen molar-refractivity contribution >= 4 is 5.96 Å². The van der Waals surface area contributed by atoms with Crippen LogP contribution in [0.1, 0.15) is 37.7 Å². The molecule has 0 amide bonds. The molecular weight excluding hydrogens is 388 g/mol. The number of pyridine rings is 1. The van der Waals surface area contributed by atoms with Crippen LogP contribution in [0.15, 0.2) is 53.7 Å². The number of ether oxygens (including phenoxy) is 2. The van der Waals surface area contributed by atoms with Gasteiger partial charge >= 0.3 is 0 Å². The van der Waals surface area contributed by atoms with E-state index in [-0.39, 0.29) is 0 Å². The lowest BCUT2D eigenvalue weighted by Gasteiger charge is -2.35. The van der Waals surface area contributed by atoms with Crippen molar-refractivity contribution in [2.45, 2.75) is 50.9 Å². The van der Waals surface area contributed by atoms with Gasteiger partial charge in [0, 0.05) is 45.0 Å². The van der Waals surface area contributed by atoms with Crippen LogP contribution in [0.3, 0.4) is 0 Å². The van der Waals surface area contributed by atoms with Crippen LogP contribution in [0.25, 0.3) is 11.3 Å². The smallest absolute Gasteiger partial charge is 0.193 e. The van der Waals surface area contributed by atoms with Crippen LogP contribution in [-0.2, 0) is 16.0 Å². The molecule has 1 N–H and O–H groups in total. The average molecular weight is 423 g/mol. The first-order valence-electron chi connectivity index (χ1n) is 11.5. The Morgan fingerprint density at radius 2 is 2.06 bits per heavy atom. The van der Waals surface area contributed by atoms with Crippen molar-refractivity contribution in [3.8, 4) is 11.3 Å². The Labute approximate surface area is 185 Å². The predicted octanol–water partition coefficient (Wildman–Crippen LogP) is 3.87. The van der Waals surface area contributed by atoms with E-state index in [1.54, 1.807) is 0 Å². The number of guanidine groups is 1. The van der Waals surface area contributed by atoms with Crippen molar-refractivity contribution < 1.29 is 9.47 Å². The van der Waals surface area contributed by atoms with E-state index in [0.717, 1.165) is 69.3 Å². The Bertz CT molecular complexity index is 828. The lowest BCUT2D eigenvalue weighted by molar-refractivity contribution is -0.0721. The first-order valence-corrected chi connectivity index (χ1v) is 11.5. The maximum atomic E-state index is 6.15. The molecule has 3 heterocycles. The zero-order chi connectivity index (χ0) is 21.3. The molecule has 166 valence electrons. The van der Waals surface area contributed by atoms with Gasteiger partial charge in [0.25, 0.3) is 0 Å². The number of hydrogen-bond donors (Lipinski definition) is 1. The fourth-order valence-electron chi connectivity index (χ4n) is 4.30. The highest BCUT2D eigenvalue weighted by Crippen LogP contribution is 2.19. The van der Waals surface area contributed by atoms with Gasteiger partial charge in [-0.3, -0.25) is 9.98 Å². The van der Waals surface area contributed by atoms with Gasteiger partial charge in [0.05, 0.1) is 24.5 Å².